The van der Waals surface area contributed by atoms with Crippen molar-refractivity contribution in [3.05, 3.63) is 36.2 Å². The van der Waals surface area contributed by atoms with Crippen molar-refractivity contribution in [1.29, 1.82) is 0 Å². The van der Waals surface area contributed by atoms with Gasteiger partial charge >= 0.3 is 0 Å². The molecule has 0 aliphatic heterocycles. The summed E-state index contributed by atoms with van der Waals surface area (Å²) in [4.78, 5) is 0. The molecule has 0 aliphatic carbocycles. The average Bonchev–Trinajstić information content (AvgIpc) is 2.94. The normalized spacial score (nSPS) is 11.6. The summed E-state index contributed by atoms with van der Waals surface area (Å²) < 4.78 is 7.83. The van der Waals surface area contributed by atoms with Crippen LogP contribution in [0.3, 0.4) is 0 Å². The Hall–Kier alpha value is -2.10. The highest BCUT2D eigenvalue weighted by atomic mass is 16.4. The predicted molar refractivity (Wildman–Crippen MR) is 74.8 cm³/mol. The Balaban J connectivity index is 2.04. The molecule has 19 heavy (non-hydrogen) atoms. The molecule has 1 aromatic carbocycles. The van der Waals surface area contributed by atoms with Crippen LogP contribution in [0.25, 0.3) is 22.5 Å². The Morgan fingerprint density at radius 3 is 2.74 bits per heavy atom. The number of rotatable bonds is 3. The van der Waals surface area contributed by atoms with Crippen LogP contribution in [0.5, 0.6) is 0 Å². The molecular weight excluding hydrogens is 238 g/mol. The van der Waals surface area contributed by atoms with Crippen LogP contribution >= 0.6 is 0 Å². The number of aromatic nitrogens is 3. The average molecular weight is 255 g/mol. The summed E-state index contributed by atoms with van der Waals surface area (Å²) in [7, 11) is 2.02. The zero-order chi connectivity index (χ0) is 13.4. The van der Waals surface area contributed by atoms with Crippen LogP contribution in [0.2, 0.25) is 0 Å². The van der Waals surface area contributed by atoms with E-state index in [1.54, 1.807) is 0 Å². The minimum Gasteiger partial charge on any atom is -0.419 e. The fourth-order valence-electron chi connectivity index (χ4n) is 2.28. The minimum atomic E-state index is 0.515. The lowest BCUT2D eigenvalue weighted by Crippen LogP contribution is -1.93. The van der Waals surface area contributed by atoms with Crippen LogP contribution in [-0.4, -0.2) is 14.8 Å². The van der Waals surface area contributed by atoms with E-state index in [1.165, 1.54) is 10.9 Å². The first-order valence-corrected chi connectivity index (χ1v) is 6.52. The predicted octanol–water partition coefficient (Wildman–Crippen LogP) is 3.43. The summed E-state index contributed by atoms with van der Waals surface area (Å²) in [5.41, 5.74) is 2.13. The van der Waals surface area contributed by atoms with Gasteiger partial charge in [0.2, 0.25) is 5.89 Å². The highest BCUT2D eigenvalue weighted by Gasteiger charge is 2.14. The Morgan fingerprint density at radius 1 is 1.21 bits per heavy atom. The van der Waals surface area contributed by atoms with Crippen molar-refractivity contribution in [2.45, 2.75) is 20.3 Å². The second-order valence-electron chi connectivity index (χ2n) is 5.25. The highest BCUT2D eigenvalue weighted by Crippen LogP contribution is 2.26. The smallest absolute Gasteiger partial charge is 0.264 e. The molecule has 0 unspecified atom stereocenters. The standard InChI is InChI=1S/C15H17N3O/c1-10(2)8-14-16-17-15(19-14)13-9-11-6-4-5-7-12(11)18(13)3/h4-7,9-10H,8H2,1-3H3. The molecule has 0 saturated carbocycles. The van der Waals surface area contributed by atoms with Crippen molar-refractivity contribution in [2.75, 3.05) is 0 Å². The van der Waals surface area contributed by atoms with Gasteiger partial charge in [-0.3, -0.25) is 0 Å². The molecule has 3 rings (SSSR count). The Labute approximate surface area is 112 Å². The van der Waals surface area contributed by atoms with Crippen molar-refractivity contribution < 1.29 is 4.42 Å². The lowest BCUT2D eigenvalue weighted by molar-refractivity contribution is 0.464. The number of benzene rings is 1. The molecule has 0 saturated heterocycles. The van der Waals surface area contributed by atoms with E-state index in [4.69, 9.17) is 4.42 Å². The summed E-state index contributed by atoms with van der Waals surface area (Å²) in [6, 6.07) is 10.3. The third-order valence-electron chi connectivity index (χ3n) is 3.22. The van der Waals surface area contributed by atoms with Gasteiger partial charge in [0.25, 0.3) is 5.89 Å². The molecule has 0 aliphatic rings. The first kappa shape index (κ1) is 12.0. The molecule has 0 spiro atoms. The molecule has 4 heteroatoms. The monoisotopic (exact) mass is 255 g/mol. The van der Waals surface area contributed by atoms with E-state index in [0.29, 0.717) is 17.7 Å². The maximum absolute atomic E-state index is 5.75. The van der Waals surface area contributed by atoms with Crippen molar-refractivity contribution in [1.82, 2.24) is 14.8 Å². The Morgan fingerprint density at radius 2 is 2.00 bits per heavy atom. The van der Waals surface area contributed by atoms with Gasteiger partial charge in [-0.2, -0.15) is 0 Å². The number of para-hydroxylation sites is 1. The topological polar surface area (TPSA) is 43.9 Å². The first-order chi connectivity index (χ1) is 9.15. The van der Waals surface area contributed by atoms with Gasteiger partial charge < -0.3 is 8.98 Å². The summed E-state index contributed by atoms with van der Waals surface area (Å²) >= 11 is 0. The van der Waals surface area contributed by atoms with Gasteiger partial charge in [0.1, 0.15) is 5.69 Å². The molecule has 2 aromatic heterocycles. The van der Waals surface area contributed by atoms with Gasteiger partial charge in [-0.25, -0.2) is 0 Å². The van der Waals surface area contributed by atoms with E-state index < -0.39 is 0 Å². The van der Waals surface area contributed by atoms with Crippen molar-refractivity contribution in [2.24, 2.45) is 13.0 Å². The van der Waals surface area contributed by atoms with Gasteiger partial charge in [-0.05, 0) is 18.1 Å². The molecule has 98 valence electrons. The molecule has 0 N–H and O–H groups in total. The molecule has 2 heterocycles. The Bertz CT molecular complexity index is 709. The van der Waals surface area contributed by atoms with E-state index >= 15 is 0 Å². The summed E-state index contributed by atoms with van der Waals surface area (Å²) in [5, 5.41) is 9.46. The van der Waals surface area contributed by atoms with E-state index in [9.17, 15) is 0 Å². The molecule has 3 aromatic rings. The van der Waals surface area contributed by atoms with E-state index in [2.05, 4.69) is 46.8 Å². The van der Waals surface area contributed by atoms with Gasteiger partial charge in [0, 0.05) is 24.4 Å². The Kier molecular flexibility index (Phi) is 2.85. The summed E-state index contributed by atoms with van der Waals surface area (Å²) in [6.07, 6.45) is 0.816. The fourth-order valence-corrected chi connectivity index (χ4v) is 2.28. The van der Waals surface area contributed by atoms with Crippen molar-refractivity contribution in [3.63, 3.8) is 0 Å². The van der Waals surface area contributed by atoms with Gasteiger partial charge in [-0.1, -0.05) is 32.0 Å². The van der Waals surface area contributed by atoms with Crippen LogP contribution in [-0.2, 0) is 13.5 Å². The molecule has 4 nitrogen and oxygen atoms in total. The van der Waals surface area contributed by atoms with Crippen molar-refractivity contribution >= 4 is 10.9 Å². The minimum absolute atomic E-state index is 0.515. The van der Waals surface area contributed by atoms with Crippen LogP contribution in [0.15, 0.2) is 34.7 Å². The van der Waals surface area contributed by atoms with E-state index in [0.717, 1.165) is 12.1 Å². The number of hydrogen-bond donors (Lipinski definition) is 0. The van der Waals surface area contributed by atoms with Gasteiger partial charge in [0.15, 0.2) is 0 Å². The van der Waals surface area contributed by atoms with Crippen LogP contribution < -0.4 is 0 Å². The molecule has 0 radical (unpaired) electrons. The first-order valence-electron chi connectivity index (χ1n) is 6.52. The van der Waals surface area contributed by atoms with Crippen LogP contribution in [0.1, 0.15) is 19.7 Å². The summed E-state index contributed by atoms with van der Waals surface area (Å²) in [5.74, 6) is 1.81. The van der Waals surface area contributed by atoms with Gasteiger partial charge in [-0.15, -0.1) is 10.2 Å². The van der Waals surface area contributed by atoms with Gasteiger partial charge in [0.05, 0.1) is 0 Å². The lowest BCUT2D eigenvalue weighted by atomic mass is 10.1. The molecule has 0 fully saturated rings. The van der Waals surface area contributed by atoms with Crippen molar-refractivity contribution in [3.8, 4) is 11.6 Å². The molecule has 0 bridgehead atoms. The fraction of sp³-hybridized carbons (Fsp3) is 0.333. The maximum atomic E-state index is 5.75. The van der Waals surface area contributed by atoms with E-state index in [-0.39, 0.29) is 0 Å². The molecular formula is C15H17N3O. The molecule has 0 amide bonds. The quantitative estimate of drug-likeness (QED) is 0.720. The maximum Gasteiger partial charge on any atom is 0.264 e. The third-order valence-corrected chi connectivity index (χ3v) is 3.22. The number of nitrogens with zero attached hydrogens (tertiary/aromatic N) is 3. The van der Waals surface area contributed by atoms with Crippen LogP contribution in [0, 0.1) is 5.92 Å². The second kappa shape index (κ2) is 4.53. The number of fused-ring (bicyclic) bond motifs is 1. The summed E-state index contributed by atoms with van der Waals surface area (Å²) in [6.45, 7) is 4.28. The lowest BCUT2D eigenvalue weighted by Gasteiger charge is -1.99. The zero-order valence-corrected chi connectivity index (χ0v) is 11.4. The van der Waals surface area contributed by atoms with Crippen LogP contribution in [0.4, 0.5) is 0 Å². The molecule has 0 atom stereocenters. The van der Waals surface area contributed by atoms with E-state index in [1.807, 2.05) is 19.2 Å². The zero-order valence-electron chi connectivity index (χ0n) is 11.4. The number of aryl methyl sites for hydroxylation is 1. The SMILES string of the molecule is CC(C)Cc1nnc(-c2cc3ccccc3n2C)o1. The second-order valence-corrected chi connectivity index (χ2v) is 5.25. The highest BCUT2D eigenvalue weighted by molar-refractivity contribution is 5.85. The largest absolute Gasteiger partial charge is 0.419 e. The third kappa shape index (κ3) is 2.14. The number of hydrogen-bond acceptors (Lipinski definition) is 3.